The second-order valence-electron chi connectivity index (χ2n) is 5.51. The molecule has 0 radical (unpaired) electrons. The molecule has 3 rings (SSSR count). The first-order valence-corrected chi connectivity index (χ1v) is 7.48. The molecular weight excluding hydrogens is 304 g/mol. The summed E-state index contributed by atoms with van der Waals surface area (Å²) in [4.78, 5) is 20.0. The summed E-state index contributed by atoms with van der Waals surface area (Å²) in [5.74, 6) is 0.508. The smallest absolute Gasteiger partial charge is 0.278 e. The Morgan fingerprint density at radius 2 is 1.83 bits per heavy atom. The topological polar surface area (TPSA) is 75.9 Å². The number of carbonyl (C=O) groups is 1. The maximum atomic E-state index is 12.4. The van der Waals surface area contributed by atoms with Gasteiger partial charge in [-0.15, -0.1) is 5.10 Å². The Labute approximate surface area is 139 Å². The summed E-state index contributed by atoms with van der Waals surface area (Å²) in [6.07, 6.45) is 1.62. The van der Waals surface area contributed by atoms with E-state index >= 15 is 0 Å². The van der Waals surface area contributed by atoms with Crippen molar-refractivity contribution in [1.82, 2.24) is 20.0 Å². The van der Waals surface area contributed by atoms with Crippen LogP contribution in [-0.2, 0) is 0 Å². The Kier molecular flexibility index (Phi) is 4.24. The minimum Gasteiger partial charge on any atom is -0.363 e. The molecule has 24 heavy (non-hydrogen) atoms. The zero-order valence-electron chi connectivity index (χ0n) is 13.8. The van der Waals surface area contributed by atoms with Crippen molar-refractivity contribution in [3.63, 3.8) is 0 Å². The van der Waals surface area contributed by atoms with E-state index in [1.165, 1.54) is 4.80 Å². The van der Waals surface area contributed by atoms with Crippen LogP contribution >= 0.6 is 0 Å². The summed E-state index contributed by atoms with van der Waals surface area (Å²) >= 11 is 0. The van der Waals surface area contributed by atoms with Gasteiger partial charge in [0, 0.05) is 14.1 Å². The van der Waals surface area contributed by atoms with Crippen LogP contribution in [0.2, 0.25) is 0 Å². The Balaban J connectivity index is 1.79. The summed E-state index contributed by atoms with van der Waals surface area (Å²) in [6.45, 7) is 1.76. The van der Waals surface area contributed by atoms with Crippen molar-refractivity contribution in [3.8, 4) is 5.69 Å². The molecule has 1 amide bonds. The number of benzene rings is 1. The minimum absolute atomic E-state index is 0.288. The number of nitrogens with zero attached hydrogens (tertiary/aromatic N) is 5. The number of aromatic nitrogens is 4. The highest BCUT2D eigenvalue weighted by Gasteiger charge is 2.16. The van der Waals surface area contributed by atoms with Crippen LogP contribution < -0.4 is 10.2 Å². The SMILES string of the molecule is Cc1nn(-c2ccccc2)nc1C(=O)Nc1ccc(N(C)C)nc1. The summed E-state index contributed by atoms with van der Waals surface area (Å²) in [5.41, 5.74) is 2.26. The van der Waals surface area contributed by atoms with Crippen molar-refractivity contribution in [2.45, 2.75) is 6.92 Å². The quantitative estimate of drug-likeness (QED) is 0.797. The van der Waals surface area contributed by atoms with Gasteiger partial charge in [0.25, 0.3) is 5.91 Å². The van der Waals surface area contributed by atoms with Crippen molar-refractivity contribution >= 4 is 17.4 Å². The van der Waals surface area contributed by atoms with Gasteiger partial charge in [-0.05, 0) is 31.2 Å². The molecular formula is C17H18N6O. The summed E-state index contributed by atoms with van der Waals surface area (Å²) in [5, 5.41) is 11.4. The van der Waals surface area contributed by atoms with Gasteiger partial charge in [0.1, 0.15) is 5.82 Å². The molecule has 7 heteroatoms. The van der Waals surface area contributed by atoms with E-state index in [4.69, 9.17) is 0 Å². The number of nitrogens with one attached hydrogen (secondary N) is 1. The van der Waals surface area contributed by atoms with E-state index < -0.39 is 0 Å². The number of carbonyl (C=O) groups excluding carboxylic acids is 1. The monoisotopic (exact) mass is 322 g/mol. The molecule has 2 heterocycles. The van der Waals surface area contributed by atoms with Crippen LogP contribution in [0.15, 0.2) is 48.7 Å². The minimum atomic E-state index is -0.311. The lowest BCUT2D eigenvalue weighted by Gasteiger charge is -2.11. The fourth-order valence-corrected chi connectivity index (χ4v) is 2.18. The summed E-state index contributed by atoms with van der Waals surface area (Å²) in [6, 6.07) is 13.1. The number of hydrogen-bond donors (Lipinski definition) is 1. The molecule has 0 fully saturated rings. The van der Waals surface area contributed by atoms with Crippen LogP contribution in [0.3, 0.4) is 0 Å². The van der Waals surface area contributed by atoms with E-state index in [0.29, 0.717) is 11.4 Å². The maximum Gasteiger partial charge on any atom is 0.278 e. The molecule has 7 nitrogen and oxygen atoms in total. The van der Waals surface area contributed by atoms with E-state index in [-0.39, 0.29) is 11.6 Å². The molecule has 0 atom stereocenters. The largest absolute Gasteiger partial charge is 0.363 e. The summed E-state index contributed by atoms with van der Waals surface area (Å²) in [7, 11) is 3.82. The van der Waals surface area contributed by atoms with Gasteiger partial charge in [0.15, 0.2) is 5.69 Å². The number of aryl methyl sites for hydroxylation is 1. The van der Waals surface area contributed by atoms with Crippen LogP contribution in [0.1, 0.15) is 16.2 Å². The normalized spacial score (nSPS) is 10.5. The Morgan fingerprint density at radius 3 is 2.46 bits per heavy atom. The average molecular weight is 322 g/mol. The van der Waals surface area contributed by atoms with E-state index in [1.54, 1.807) is 19.2 Å². The zero-order valence-corrected chi connectivity index (χ0v) is 13.8. The van der Waals surface area contributed by atoms with Crippen molar-refractivity contribution in [2.75, 3.05) is 24.3 Å². The van der Waals surface area contributed by atoms with Gasteiger partial charge in [-0.25, -0.2) is 4.98 Å². The van der Waals surface area contributed by atoms with Crippen LogP contribution in [0.5, 0.6) is 0 Å². The third kappa shape index (κ3) is 3.24. The van der Waals surface area contributed by atoms with Gasteiger partial charge >= 0.3 is 0 Å². The lowest BCUT2D eigenvalue weighted by Crippen LogP contribution is -2.15. The third-order valence-corrected chi connectivity index (χ3v) is 3.45. The Hall–Kier alpha value is -3.22. The standard InChI is InChI=1S/C17H18N6O/c1-12-16(21-23(20-12)14-7-5-4-6-8-14)17(24)19-13-9-10-15(18-11-13)22(2)3/h4-11H,1-3H3,(H,19,24). The molecule has 0 bridgehead atoms. The number of amides is 1. The van der Waals surface area contributed by atoms with Crippen LogP contribution in [0.4, 0.5) is 11.5 Å². The molecule has 1 aromatic carbocycles. The lowest BCUT2D eigenvalue weighted by atomic mass is 10.3. The van der Waals surface area contributed by atoms with Gasteiger partial charge < -0.3 is 10.2 Å². The second-order valence-corrected chi connectivity index (χ2v) is 5.51. The number of para-hydroxylation sites is 1. The number of pyridine rings is 1. The van der Waals surface area contributed by atoms with E-state index in [1.807, 2.05) is 55.4 Å². The highest BCUT2D eigenvalue weighted by molar-refractivity contribution is 6.03. The highest BCUT2D eigenvalue weighted by atomic mass is 16.2. The average Bonchev–Trinajstić information content (AvgIpc) is 2.98. The zero-order chi connectivity index (χ0) is 17.1. The van der Waals surface area contributed by atoms with Crippen LogP contribution in [0.25, 0.3) is 5.69 Å². The van der Waals surface area contributed by atoms with E-state index in [2.05, 4.69) is 20.5 Å². The first-order chi connectivity index (χ1) is 11.5. The highest BCUT2D eigenvalue weighted by Crippen LogP contribution is 2.14. The molecule has 0 unspecified atom stereocenters. The van der Waals surface area contributed by atoms with Crippen molar-refractivity contribution in [2.24, 2.45) is 0 Å². The predicted molar refractivity (Wildman–Crippen MR) is 92.6 cm³/mol. The van der Waals surface area contributed by atoms with Crippen molar-refractivity contribution in [3.05, 3.63) is 60.0 Å². The van der Waals surface area contributed by atoms with E-state index in [0.717, 1.165) is 11.5 Å². The Bertz CT molecular complexity index is 839. The molecule has 0 saturated carbocycles. The van der Waals surface area contributed by atoms with Gasteiger partial charge in [0.2, 0.25) is 0 Å². The predicted octanol–water partition coefficient (Wildman–Crippen LogP) is 2.29. The fourth-order valence-electron chi connectivity index (χ4n) is 2.18. The summed E-state index contributed by atoms with van der Waals surface area (Å²) < 4.78 is 0. The molecule has 0 aliphatic heterocycles. The van der Waals surface area contributed by atoms with Crippen LogP contribution in [0, 0.1) is 6.92 Å². The van der Waals surface area contributed by atoms with E-state index in [9.17, 15) is 4.79 Å². The lowest BCUT2D eigenvalue weighted by molar-refractivity contribution is 0.102. The van der Waals surface area contributed by atoms with Gasteiger partial charge in [-0.3, -0.25) is 4.79 Å². The van der Waals surface area contributed by atoms with Crippen molar-refractivity contribution in [1.29, 1.82) is 0 Å². The first kappa shape index (κ1) is 15.7. The first-order valence-electron chi connectivity index (χ1n) is 7.48. The van der Waals surface area contributed by atoms with Crippen molar-refractivity contribution < 1.29 is 4.79 Å². The molecule has 3 aromatic rings. The Morgan fingerprint density at radius 1 is 1.08 bits per heavy atom. The van der Waals surface area contributed by atoms with Crippen LogP contribution in [-0.4, -0.2) is 40.0 Å². The number of anilines is 2. The number of hydrogen-bond acceptors (Lipinski definition) is 5. The molecule has 0 aliphatic rings. The second kappa shape index (κ2) is 6.49. The molecule has 2 aromatic heterocycles. The maximum absolute atomic E-state index is 12.4. The fraction of sp³-hybridized carbons (Fsp3) is 0.176. The van der Waals surface area contributed by atoms with Gasteiger partial charge in [0.05, 0.1) is 23.3 Å². The molecule has 0 saturated heterocycles. The van der Waals surface area contributed by atoms with Gasteiger partial charge in [-0.2, -0.15) is 9.90 Å². The molecule has 0 aliphatic carbocycles. The molecule has 122 valence electrons. The number of rotatable bonds is 4. The molecule has 0 spiro atoms. The van der Waals surface area contributed by atoms with Gasteiger partial charge in [-0.1, -0.05) is 18.2 Å². The molecule has 1 N–H and O–H groups in total. The third-order valence-electron chi connectivity index (χ3n) is 3.45.